The highest BCUT2D eigenvalue weighted by Crippen LogP contribution is 2.35. The van der Waals surface area contributed by atoms with Gasteiger partial charge in [0, 0.05) is 11.5 Å². The topological polar surface area (TPSA) is 26.0 Å². The molecule has 0 heterocycles. The largest absolute Gasteiger partial charge is 0.330 e. The van der Waals surface area contributed by atoms with Gasteiger partial charge in [0.25, 0.3) is 5.92 Å². The fourth-order valence-electron chi connectivity index (χ4n) is 1.80. The summed E-state index contributed by atoms with van der Waals surface area (Å²) in [4.78, 5) is 0. The lowest BCUT2D eigenvalue weighted by Gasteiger charge is -2.24. The minimum absolute atomic E-state index is 0.00207. The summed E-state index contributed by atoms with van der Waals surface area (Å²) in [5, 5.41) is 0. The van der Waals surface area contributed by atoms with E-state index in [2.05, 4.69) is 13.8 Å². The first-order valence-corrected chi connectivity index (χ1v) is 6.36. The van der Waals surface area contributed by atoms with E-state index in [0.29, 0.717) is 6.54 Å². The molecule has 0 spiro atoms. The molecular weight excluding hydrogens is 232 g/mol. The van der Waals surface area contributed by atoms with Crippen LogP contribution < -0.4 is 5.73 Å². The summed E-state index contributed by atoms with van der Waals surface area (Å²) in [6.07, 6.45) is 0.803. The van der Waals surface area contributed by atoms with Gasteiger partial charge in [-0.05, 0) is 23.9 Å². The second-order valence-electron chi connectivity index (χ2n) is 6.02. The molecule has 102 valence electrons. The van der Waals surface area contributed by atoms with Gasteiger partial charge in [-0.1, -0.05) is 52.0 Å². The van der Waals surface area contributed by atoms with Crippen molar-refractivity contribution in [1.82, 2.24) is 0 Å². The third-order valence-corrected chi connectivity index (χ3v) is 3.30. The number of nitrogens with two attached hydrogens (primary N) is 1. The van der Waals surface area contributed by atoms with Crippen molar-refractivity contribution in [3.63, 3.8) is 0 Å². The summed E-state index contributed by atoms with van der Waals surface area (Å²) in [5.41, 5.74) is 6.81. The summed E-state index contributed by atoms with van der Waals surface area (Å²) in [6.45, 7) is 7.79. The van der Waals surface area contributed by atoms with E-state index >= 15 is 0 Å². The summed E-state index contributed by atoms with van der Waals surface area (Å²) in [7, 11) is 0. The van der Waals surface area contributed by atoms with Crippen molar-refractivity contribution >= 4 is 0 Å². The van der Waals surface area contributed by atoms with Crippen LogP contribution in [0.4, 0.5) is 8.78 Å². The lowest BCUT2D eigenvalue weighted by atomic mass is 9.85. The van der Waals surface area contributed by atoms with Crippen LogP contribution >= 0.6 is 0 Å². The molecule has 1 aromatic carbocycles. The predicted molar refractivity (Wildman–Crippen MR) is 71.7 cm³/mol. The zero-order valence-corrected chi connectivity index (χ0v) is 11.6. The first-order valence-electron chi connectivity index (χ1n) is 6.36. The van der Waals surface area contributed by atoms with Crippen LogP contribution in [0.1, 0.15) is 38.8 Å². The van der Waals surface area contributed by atoms with E-state index in [-0.39, 0.29) is 11.0 Å². The van der Waals surface area contributed by atoms with E-state index < -0.39 is 11.8 Å². The van der Waals surface area contributed by atoms with Crippen LogP contribution in [-0.2, 0) is 12.3 Å². The van der Waals surface area contributed by atoms with Crippen LogP contribution in [0.15, 0.2) is 24.3 Å². The van der Waals surface area contributed by atoms with E-state index in [0.717, 1.165) is 12.0 Å². The Morgan fingerprint density at radius 1 is 1.11 bits per heavy atom. The molecule has 0 atom stereocenters. The van der Waals surface area contributed by atoms with Gasteiger partial charge in [-0.2, -0.15) is 0 Å². The molecule has 0 aliphatic heterocycles. The fraction of sp³-hybridized carbons (Fsp3) is 0.600. The number of rotatable bonds is 5. The standard InChI is InChI=1S/C15H23F2N/c1-11(2)15(16,17)13-7-5-12(6-8-13)9-14(3,4)10-18/h5-8,11H,9-10,18H2,1-4H3. The SMILES string of the molecule is CC(C)C(F)(F)c1ccc(CC(C)(C)CN)cc1. The van der Waals surface area contributed by atoms with Crippen LogP contribution in [-0.4, -0.2) is 6.54 Å². The summed E-state index contributed by atoms with van der Waals surface area (Å²) in [5.74, 6) is -3.45. The summed E-state index contributed by atoms with van der Waals surface area (Å²) < 4.78 is 27.6. The average molecular weight is 255 g/mol. The van der Waals surface area contributed by atoms with Gasteiger partial charge in [0.2, 0.25) is 0 Å². The molecule has 0 radical (unpaired) electrons. The Hall–Kier alpha value is -0.960. The molecule has 0 aliphatic rings. The van der Waals surface area contributed by atoms with Crippen molar-refractivity contribution in [2.45, 2.75) is 40.0 Å². The Kier molecular flexibility index (Phi) is 4.49. The highest BCUT2D eigenvalue weighted by Gasteiger charge is 2.35. The molecule has 0 aromatic heterocycles. The number of alkyl halides is 2. The van der Waals surface area contributed by atoms with E-state index in [9.17, 15) is 8.78 Å². The van der Waals surface area contributed by atoms with Gasteiger partial charge < -0.3 is 5.73 Å². The fourth-order valence-corrected chi connectivity index (χ4v) is 1.80. The van der Waals surface area contributed by atoms with Crippen molar-refractivity contribution in [2.75, 3.05) is 6.54 Å². The molecule has 0 fully saturated rings. The third kappa shape index (κ3) is 3.52. The van der Waals surface area contributed by atoms with E-state index in [1.165, 1.54) is 26.0 Å². The maximum absolute atomic E-state index is 13.8. The van der Waals surface area contributed by atoms with Gasteiger partial charge in [0.05, 0.1) is 0 Å². The minimum atomic E-state index is -2.76. The summed E-state index contributed by atoms with van der Waals surface area (Å²) in [6, 6.07) is 6.62. The number of halogens is 2. The Morgan fingerprint density at radius 3 is 2.00 bits per heavy atom. The molecule has 0 unspecified atom stereocenters. The lowest BCUT2D eigenvalue weighted by molar-refractivity contribution is -0.0513. The molecular formula is C15H23F2N. The number of hydrogen-bond acceptors (Lipinski definition) is 1. The quantitative estimate of drug-likeness (QED) is 0.846. The van der Waals surface area contributed by atoms with Crippen molar-refractivity contribution in [3.05, 3.63) is 35.4 Å². The normalized spacial score (nSPS) is 13.1. The molecule has 0 bridgehead atoms. The second kappa shape index (κ2) is 5.35. The Bertz CT molecular complexity index is 380. The number of hydrogen-bond donors (Lipinski definition) is 1. The zero-order valence-electron chi connectivity index (χ0n) is 11.6. The van der Waals surface area contributed by atoms with Gasteiger partial charge in [-0.3, -0.25) is 0 Å². The maximum Gasteiger partial charge on any atom is 0.275 e. The molecule has 1 rings (SSSR count). The van der Waals surface area contributed by atoms with Gasteiger partial charge in [0.15, 0.2) is 0 Å². The second-order valence-corrected chi connectivity index (χ2v) is 6.02. The Labute approximate surface area is 108 Å². The highest BCUT2D eigenvalue weighted by molar-refractivity contribution is 5.27. The predicted octanol–water partition coefficient (Wildman–Crippen LogP) is 3.96. The zero-order chi connectivity index (χ0) is 14.0. The Morgan fingerprint density at radius 2 is 1.61 bits per heavy atom. The van der Waals surface area contributed by atoms with E-state index in [1.54, 1.807) is 12.1 Å². The molecule has 18 heavy (non-hydrogen) atoms. The molecule has 0 amide bonds. The van der Waals surface area contributed by atoms with Crippen molar-refractivity contribution in [1.29, 1.82) is 0 Å². The lowest BCUT2D eigenvalue weighted by Crippen LogP contribution is -2.26. The van der Waals surface area contributed by atoms with Crippen LogP contribution in [0.5, 0.6) is 0 Å². The van der Waals surface area contributed by atoms with Gasteiger partial charge >= 0.3 is 0 Å². The first-order chi connectivity index (χ1) is 8.19. The van der Waals surface area contributed by atoms with Crippen LogP contribution in [0.25, 0.3) is 0 Å². The van der Waals surface area contributed by atoms with Gasteiger partial charge in [0.1, 0.15) is 0 Å². The number of benzene rings is 1. The van der Waals surface area contributed by atoms with Crippen LogP contribution in [0.3, 0.4) is 0 Å². The van der Waals surface area contributed by atoms with Crippen molar-refractivity contribution in [3.8, 4) is 0 Å². The van der Waals surface area contributed by atoms with E-state index in [4.69, 9.17) is 5.73 Å². The smallest absolute Gasteiger partial charge is 0.275 e. The first kappa shape index (κ1) is 15.1. The van der Waals surface area contributed by atoms with Gasteiger partial charge in [-0.25, -0.2) is 8.78 Å². The monoisotopic (exact) mass is 255 g/mol. The molecule has 3 heteroatoms. The molecule has 0 saturated carbocycles. The third-order valence-electron chi connectivity index (χ3n) is 3.30. The van der Waals surface area contributed by atoms with Crippen molar-refractivity contribution in [2.24, 2.45) is 17.1 Å². The highest BCUT2D eigenvalue weighted by atomic mass is 19.3. The van der Waals surface area contributed by atoms with E-state index in [1.807, 2.05) is 0 Å². The van der Waals surface area contributed by atoms with Crippen LogP contribution in [0.2, 0.25) is 0 Å². The molecule has 1 nitrogen and oxygen atoms in total. The summed E-state index contributed by atoms with van der Waals surface area (Å²) >= 11 is 0. The molecule has 0 saturated heterocycles. The molecule has 0 aliphatic carbocycles. The van der Waals surface area contributed by atoms with Gasteiger partial charge in [-0.15, -0.1) is 0 Å². The van der Waals surface area contributed by atoms with Crippen molar-refractivity contribution < 1.29 is 8.78 Å². The average Bonchev–Trinajstić information content (AvgIpc) is 2.29. The minimum Gasteiger partial charge on any atom is -0.330 e. The maximum atomic E-state index is 13.8. The molecule has 1 aromatic rings. The molecule has 2 N–H and O–H groups in total. The Balaban J connectivity index is 2.87. The van der Waals surface area contributed by atoms with Crippen LogP contribution in [0, 0.1) is 11.3 Å².